The van der Waals surface area contributed by atoms with Gasteiger partial charge >= 0.3 is 5.97 Å². The van der Waals surface area contributed by atoms with Crippen molar-refractivity contribution in [3.05, 3.63) is 48.0 Å². The Morgan fingerprint density at radius 1 is 1.18 bits per heavy atom. The van der Waals surface area contributed by atoms with Gasteiger partial charge in [0.2, 0.25) is 0 Å². The summed E-state index contributed by atoms with van der Waals surface area (Å²) in [5.74, 6) is 0.406. The van der Waals surface area contributed by atoms with E-state index in [1.54, 1.807) is 30.0 Å². The van der Waals surface area contributed by atoms with Gasteiger partial charge in [-0.3, -0.25) is 0 Å². The number of ether oxygens (including phenoxy) is 1. The molecule has 150 valence electrons. The van der Waals surface area contributed by atoms with Crippen LogP contribution in [-0.2, 0) is 4.74 Å². The Bertz CT molecular complexity index is 807. The first-order valence-corrected chi connectivity index (χ1v) is 10.8. The molecule has 6 nitrogen and oxygen atoms in total. The predicted molar refractivity (Wildman–Crippen MR) is 119 cm³/mol. The molecule has 1 aliphatic heterocycles. The minimum absolute atomic E-state index is 0.362. The van der Waals surface area contributed by atoms with Crippen LogP contribution in [0.15, 0.2) is 42.5 Å². The van der Waals surface area contributed by atoms with E-state index in [4.69, 9.17) is 10.5 Å². The Hall–Kier alpha value is -2.38. The van der Waals surface area contributed by atoms with E-state index in [2.05, 4.69) is 34.3 Å². The number of nitrogen functional groups attached to an aromatic ring is 1. The van der Waals surface area contributed by atoms with Crippen LogP contribution in [0.4, 0.5) is 22.7 Å². The van der Waals surface area contributed by atoms with Gasteiger partial charge in [-0.2, -0.15) is 11.8 Å². The molecule has 0 unspecified atom stereocenters. The predicted octanol–water partition coefficient (Wildman–Crippen LogP) is 3.28. The van der Waals surface area contributed by atoms with E-state index in [1.807, 2.05) is 18.4 Å². The molecular weight excluding hydrogens is 372 g/mol. The molecule has 0 aliphatic carbocycles. The molecule has 0 atom stereocenters. The number of piperazine rings is 1. The third-order valence-electron chi connectivity index (χ3n) is 4.82. The molecule has 1 aliphatic rings. The largest absolute Gasteiger partial charge is 0.461 e. The average Bonchev–Trinajstić information content (AvgIpc) is 2.70. The van der Waals surface area contributed by atoms with Crippen molar-refractivity contribution in [1.29, 1.82) is 0 Å². The zero-order chi connectivity index (χ0) is 19.9. The molecule has 3 rings (SSSR count). The van der Waals surface area contributed by atoms with Gasteiger partial charge in [0.05, 0.1) is 16.9 Å². The number of thioether (sulfide) groups is 1. The number of benzene rings is 2. The lowest BCUT2D eigenvalue weighted by atomic mass is 10.1. The maximum absolute atomic E-state index is 12.5. The van der Waals surface area contributed by atoms with Crippen LogP contribution >= 0.6 is 11.8 Å². The fourth-order valence-corrected chi connectivity index (χ4v) is 3.41. The number of anilines is 4. The molecule has 28 heavy (non-hydrogen) atoms. The van der Waals surface area contributed by atoms with Crippen molar-refractivity contribution in [2.24, 2.45) is 0 Å². The van der Waals surface area contributed by atoms with Gasteiger partial charge in [-0.1, -0.05) is 12.1 Å². The number of nitrogens with zero attached hydrogens (tertiary/aromatic N) is 2. The van der Waals surface area contributed by atoms with Crippen molar-refractivity contribution in [3.63, 3.8) is 0 Å². The maximum atomic E-state index is 12.5. The topological polar surface area (TPSA) is 70.8 Å². The van der Waals surface area contributed by atoms with Gasteiger partial charge in [0.15, 0.2) is 0 Å². The molecule has 2 aromatic carbocycles. The monoisotopic (exact) mass is 400 g/mol. The molecule has 0 bridgehead atoms. The molecule has 0 saturated carbocycles. The summed E-state index contributed by atoms with van der Waals surface area (Å²) in [6.45, 7) is 4.48. The minimum atomic E-state index is -0.362. The molecule has 1 saturated heterocycles. The highest BCUT2D eigenvalue weighted by atomic mass is 32.2. The first-order valence-electron chi connectivity index (χ1n) is 9.43. The van der Waals surface area contributed by atoms with Gasteiger partial charge in [0.1, 0.15) is 6.61 Å². The van der Waals surface area contributed by atoms with Crippen molar-refractivity contribution in [2.75, 3.05) is 67.8 Å². The molecule has 1 fully saturated rings. The summed E-state index contributed by atoms with van der Waals surface area (Å²) in [7, 11) is 2.15. The fraction of sp³-hybridized carbons (Fsp3) is 0.381. The summed E-state index contributed by atoms with van der Waals surface area (Å²) in [4.78, 5) is 17.2. The molecule has 3 N–H and O–H groups in total. The van der Waals surface area contributed by atoms with Crippen LogP contribution in [0, 0.1) is 0 Å². The number of para-hydroxylation sites is 1. The Morgan fingerprint density at radius 2 is 1.93 bits per heavy atom. The Labute approximate surface area is 171 Å². The summed E-state index contributed by atoms with van der Waals surface area (Å²) >= 11 is 1.64. The van der Waals surface area contributed by atoms with E-state index < -0.39 is 0 Å². The molecule has 0 aromatic heterocycles. The molecule has 0 radical (unpaired) electrons. The lowest BCUT2D eigenvalue weighted by Gasteiger charge is -2.34. The highest BCUT2D eigenvalue weighted by Gasteiger charge is 2.17. The molecule has 0 spiro atoms. The molecular formula is C21H28N4O2S. The zero-order valence-electron chi connectivity index (χ0n) is 16.5. The SMILES string of the molecule is CSCCOC(=O)c1cccc(N)c1Nc1cccc(N2CCN(C)CC2)c1. The lowest BCUT2D eigenvalue weighted by Crippen LogP contribution is -2.44. The summed E-state index contributed by atoms with van der Waals surface area (Å²) in [5, 5.41) is 3.33. The van der Waals surface area contributed by atoms with E-state index in [0.717, 1.165) is 43.3 Å². The first kappa shape index (κ1) is 20.4. The summed E-state index contributed by atoms with van der Waals surface area (Å²) < 4.78 is 5.36. The van der Waals surface area contributed by atoms with Crippen molar-refractivity contribution >= 4 is 40.5 Å². The van der Waals surface area contributed by atoms with Gasteiger partial charge in [-0.05, 0) is 43.6 Å². The van der Waals surface area contributed by atoms with E-state index in [1.165, 1.54) is 0 Å². The van der Waals surface area contributed by atoms with Crippen molar-refractivity contribution in [2.45, 2.75) is 0 Å². The fourth-order valence-electron chi connectivity index (χ4n) is 3.16. The molecule has 0 amide bonds. The summed E-state index contributed by atoms with van der Waals surface area (Å²) in [6, 6.07) is 13.5. The third kappa shape index (κ3) is 5.11. The van der Waals surface area contributed by atoms with Crippen LogP contribution in [-0.4, -0.2) is 62.7 Å². The number of hydrogen-bond acceptors (Lipinski definition) is 7. The van der Waals surface area contributed by atoms with Crippen molar-refractivity contribution in [1.82, 2.24) is 4.90 Å². The van der Waals surface area contributed by atoms with Crippen LogP contribution < -0.4 is 16.0 Å². The maximum Gasteiger partial charge on any atom is 0.340 e. The smallest absolute Gasteiger partial charge is 0.340 e. The van der Waals surface area contributed by atoms with Gasteiger partial charge < -0.3 is 25.6 Å². The van der Waals surface area contributed by atoms with E-state index in [0.29, 0.717) is 23.5 Å². The van der Waals surface area contributed by atoms with Gasteiger partial charge in [0.25, 0.3) is 0 Å². The standard InChI is InChI=1S/C21H28N4O2S/c1-24-9-11-25(12-10-24)17-6-3-5-16(15-17)23-20-18(7-4-8-19(20)22)21(26)27-13-14-28-2/h3-8,15,23H,9-14,22H2,1-2H3. The van der Waals surface area contributed by atoms with Crippen LogP contribution in [0.2, 0.25) is 0 Å². The number of rotatable bonds is 7. The van der Waals surface area contributed by atoms with E-state index in [-0.39, 0.29) is 5.97 Å². The Kier molecular flexibility index (Phi) is 7.06. The van der Waals surface area contributed by atoms with Crippen molar-refractivity contribution in [3.8, 4) is 0 Å². The normalized spacial score (nSPS) is 14.7. The highest BCUT2D eigenvalue weighted by molar-refractivity contribution is 7.98. The van der Waals surface area contributed by atoms with Crippen LogP contribution in [0.3, 0.4) is 0 Å². The number of nitrogens with two attached hydrogens (primary N) is 1. The van der Waals surface area contributed by atoms with Crippen LogP contribution in [0.25, 0.3) is 0 Å². The third-order valence-corrected chi connectivity index (χ3v) is 5.40. The summed E-state index contributed by atoms with van der Waals surface area (Å²) in [6.07, 6.45) is 1.98. The summed E-state index contributed by atoms with van der Waals surface area (Å²) in [5.41, 5.74) is 9.79. The Balaban J connectivity index is 1.78. The Morgan fingerprint density at radius 3 is 2.68 bits per heavy atom. The number of esters is 1. The molecule has 2 aromatic rings. The highest BCUT2D eigenvalue weighted by Crippen LogP contribution is 2.30. The van der Waals surface area contributed by atoms with Crippen LogP contribution in [0.1, 0.15) is 10.4 Å². The quantitative estimate of drug-likeness (QED) is 0.420. The van der Waals surface area contributed by atoms with Crippen LogP contribution in [0.5, 0.6) is 0 Å². The second kappa shape index (κ2) is 9.71. The zero-order valence-corrected chi connectivity index (χ0v) is 17.3. The minimum Gasteiger partial charge on any atom is -0.461 e. The number of nitrogens with one attached hydrogen (secondary N) is 1. The number of likely N-dealkylation sites (N-methyl/N-ethyl adjacent to an activating group) is 1. The van der Waals surface area contributed by atoms with E-state index in [9.17, 15) is 4.79 Å². The first-order chi connectivity index (χ1) is 13.6. The van der Waals surface area contributed by atoms with Gasteiger partial charge in [-0.25, -0.2) is 4.79 Å². The average molecular weight is 401 g/mol. The lowest BCUT2D eigenvalue weighted by molar-refractivity contribution is 0.0531. The van der Waals surface area contributed by atoms with Gasteiger partial charge in [0, 0.05) is 43.3 Å². The molecule has 7 heteroatoms. The second-order valence-electron chi connectivity index (χ2n) is 6.86. The number of carbonyl (C=O) groups is 1. The van der Waals surface area contributed by atoms with Gasteiger partial charge in [-0.15, -0.1) is 0 Å². The number of carbonyl (C=O) groups excluding carboxylic acids is 1. The molecule has 1 heterocycles. The van der Waals surface area contributed by atoms with E-state index >= 15 is 0 Å². The second-order valence-corrected chi connectivity index (χ2v) is 7.85. The van der Waals surface area contributed by atoms with Crippen molar-refractivity contribution < 1.29 is 9.53 Å². The number of hydrogen-bond donors (Lipinski definition) is 2.